The van der Waals surface area contributed by atoms with Crippen molar-refractivity contribution in [2.75, 3.05) is 14.2 Å². The first-order valence-electron chi connectivity index (χ1n) is 6.17. The van der Waals surface area contributed by atoms with Crippen LogP contribution in [0.2, 0.25) is 0 Å². The second-order valence-corrected chi connectivity index (χ2v) is 4.27. The molecule has 1 aromatic heterocycles. The number of hydrogen-bond donors (Lipinski definition) is 1. The Bertz CT molecular complexity index is 732. The van der Waals surface area contributed by atoms with Gasteiger partial charge >= 0.3 is 0 Å². The fourth-order valence-corrected chi connectivity index (χ4v) is 2.09. The molecule has 1 heterocycles. The molecular formula is C15H16N2O3. The van der Waals surface area contributed by atoms with Crippen molar-refractivity contribution >= 4 is 16.7 Å². The summed E-state index contributed by atoms with van der Waals surface area (Å²) in [6, 6.07) is 6.84. The Labute approximate surface area is 116 Å². The highest BCUT2D eigenvalue weighted by Gasteiger charge is 2.14. The Hall–Kier alpha value is -2.56. The number of nitrogens with one attached hydrogen (secondary N) is 1. The number of amides is 1. The molecule has 0 spiro atoms. The summed E-state index contributed by atoms with van der Waals surface area (Å²) >= 11 is 0. The first kappa shape index (κ1) is 13.9. The van der Waals surface area contributed by atoms with Gasteiger partial charge in [-0.3, -0.25) is 14.2 Å². The highest BCUT2D eigenvalue weighted by atomic mass is 16.5. The highest BCUT2D eigenvalue weighted by Crippen LogP contribution is 2.19. The fourth-order valence-electron chi connectivity index (χ4n) is 2.09. The summed E-state index contributed by atoms with van der Waals surface area (Å²) in [6.45, 7) is 3.90. The van der Waals surface area contributed by atoms with E-state index in [4.69, 9.17) is 4.74 Å². The minimum absolute atomic E-state index is 0.219. The number of carbonyl (C=O) groups excluding carboxylic acids is 1. The maximum Gasteiger partial charge on any atom is 0.267 e. The van der Waals surface area contributed by atoms with Crippen LogP contribution in [-0.2, 0) is 6.54 Å². The highest BCUT2D eigenvalue weighted by molar-refractivity contribution is 5.96. The molecule has 0 saturated heterocycles. The molecule has 2 aromatic rings. The molecule has 5 heteroatoms. The maximum atomic E-state index is 12.5. The Morgan fingerprint density at radius 1 is 1.45 bits per heavy atom. The van der Waals surface area contributed by atoms with E-state index >= 15 is 0 Å². The molecule has 0 atom stereocenters. The van der Waals surface area contributed by atoms with E-state index in [9.17, 15) is 9.59 Å². The van der Waals surface area contributed by atoms with Gasteiger partial charge in [-0.1, -0.05) is 6.08 Å². The zero-order valence-corrected chi connectivity index (χ0v) is 11.5. The number of fused-ring (bicyclic) bond motifs is 1. The van der Waals surface area contributed by atoms with Crippen molar-refractivity contribution in [3.63, 3.8) is 0 Å². The number of carbonyl (C=O) groups is 1. The minimum Gasteiger partial charge on any atom is -0.497 e. The summed E-state index contributed by atoms with van der Waals surface area (Å²) in [6.07, 6.45) is 1.59. The zero-order valence-electron chi connectivity index (χ0n) is 11.5. The third kappa shape index (κ3) is 2.30. The summed E-state index contributed by atoms with van der Waals surface area (Å²) in [4.78, 5) is 24.4. The van der Waals surface area contributed by atoms with Crippen molar-refractivity contribution < 1.29 is 9.53 Å². The number of aromatic nitrogens is 1. The van der Waals surface area contributed by atoms with Gasteiger partial charge in [0.05, 0.1) is 7.11 Å². The summed E-state index contributed by atoms with van der Waals surface area (Å²) in [7, 11) is 3.08. The van der Waals surface area contributed by atoms with Gasteiger partial charge in [0.15, 0.2) is 0 Å². The average molecular weight is 272 g/mol. The molecule has 0 aliphatic carbocycles. The zero-order chi connectivity index (χ0) is 14.7. The number of hydrogen-bond acceptors (Lipinski definition) is 3. The smallest absolute Gasteiger partial charge is 0.267 e. The van der Waals surface area contributed by atoms with Crippen LogP contribution in [0, 0.1) is 0 Å². The van der Waals surface area contributed by atoms with Crippen LogP contribution in [0.1, 0.15) is 10.5 Å². The van der Waals surface area contributed by atoms with Gasteiger partial charge in [0.25, 0.3) is 11.5 Å². The Kier molecular flexibility index (Phi) is 3.89. The van der Waals surface area contributed by atoms with Crippen LogP contribution in [0.4, 0.5) is 0 Å². The van der Waals surface area contributed by atoms with Crippen molar-refractivity contribution in [2.45, 2.75) is 6.54 Å². The van der Waals surface area contributed by atoms with E-state index in [2.05, 4.69) is 11.9 Å². The van der Waals surface area contributed by atoms with Crippen LogP contribution < -0.4 is 15.6 Å². The number of rotatable bonds is 4. The Balaban J connectivity index is 2.81. The molecule has 1 N–H and O–H groups in total. The van der Waals surface area contributed by atoms with E-state index in [1.54, 1.807) is 37.5 Å². The summed E-state index contributed by atoms with van der Waals surface area (Å²) in [5.41, 5.74) is 0.0850. The van der Waals surface area contributed by atoms with Crippen LogP contribution in [0.15, 0.2) is 41.7 Å². The average Bonchev–Trinajstić information content (AvgIpc) is 2.48. The van der Waals surface area contributed by atoms with Crippen LogP contribution in [0.3, 0.4) is 0 Å². The van der Waals surface area contributed by atoms with Gasteiger partial charge in [-0.15, -0.1) is 6.58 Å². The predicted molar refractivity (Wildman–Crippen MR) is 78.3 cm³/mol. The van der Waals surface area contributed by atoms with E-state index in [1.807, 2.05) is 0 Å². The molecule has 20 heavy (non-hydrogen) atoms. The lowest BCUT2D eigenvalue weighted by Crippen LogP contribution is -2.30. The monoisotopic (exact) mass is 272 g/mol. The largest absolute Gasteiger partial charge is 0.497 e. The van der Waals surface area contributed by atoms with Gasteiger partial charge in [0.1, 0.15) is 11.4 Å². The third-order valence-corrected chi connectivity index (χ3v) is 3.09. The summed E-state index contributed by atoms with van der Waals surface area (Å²) in [5, 5.41) is 3.75. The summed E-state index contributed by atoms with van der Waals surface area (Å²) in [5.74, 6) is 0.329. The number of allylic oxidation sites excluding steroid dienone is 1. The lowest BCUT2D eigenvalue weighted by atomic mass is 10.1. The molecular weight excluding hydrogens is 256 g/mol. The molecule has 1 amide bonds. The van der Waals surface area contributed by atoms with Crippen LogP contribution >= 0.6 is 0 Å². The molecule has 5 nitrogen and oxygen atoms in total. The molecule has 0 radical (unpaired) electrons. The Morgan fingerprint density at radius 3 is 2.80 bits per heavy atom. The van der Waals surface area contributed by atoms with Crippen molar-refractivity contribution in [3.8, 4) is 5.75 Å². The lowest BCUT2D eigenvalue weighted by Gasteiger charge is -2.12. The van der Waals surface area contributed by atoms with Crippen LogP contribution in [-0.4, -0.2) is 24.6 Å². The van der Waals surface area contributed by atoms with Crippen molar-refractivity contribution in [1.82, 2.24) is 9.88 Å². The number of nitrogens with zero attached hydrogens (tertiary/aromatic N) is 1. The first-order chi connectivity index (χ1) is 9.62. The number of methoxy groups -OCH3 is 1. The topological polar surface area (TPSA) is 60.3 Å². The first-order valence-corrected chi connectivity index (χ1v) is 6.17. The quantitative estimate of drug-likeness (QED) is 0.859. The molecule has 0 saturated carbocycles. The Morgan fingerprint density at radius 2 is 2.20 bits per heavy atom. The summed E-state index contributed by atoms with van der Waals surface area (Å²) < 4.78 is 6.54. The minimum atomic E-state index is -0.311. The van der Waals surface area contributed by atoms with Gasteiger partial charge < -0.3 is 10.1 Å². The van der Waals surface area contributed by atoms with E-state index in [1.165, 1.54) is 11.6 Å². The molecule has 0 aliphatic heterocycles. The third-order valence-electron chi connectivity index (χ3n) is 3.09. The second-order valence-electron chi connectivity index (χ2n) is 4.27. The standard InChI is InChI=1S/C15H16N2O3/c1-4-7-17-13(14(18)16-2)9-10-8-11(20-3)5-6-12(10)15(17)19/h4-6,8-9H,1,7H2,2-3H3,(H,16,18). The molecule has 0 fully saturated rings. The SMILES string of the molecule is C=CCn1c(C(=O)NC)cc2cc(OC)ccc2c1=O. The molecule has 2 rings (SSSR count). The molecule has 0 bridgehead atoms. The van der Waals surface area contributed by atoms with Crippen molar-refractivity contribution in [2.24, 2.45) is 0 Å². The van der Waals surface area contributed by atoms with Crippen molar-refractivity contribution in [1.29, 1.82) is 0 Å². The molecule has 1 aromatic carbocycles. The fraction of sp³-hybridized carbons (Fsp3) is 0.200. The molecule has 0 aliphatic rings. The van der Waals surface area contributed by atoms with Gasteiger partial charge in [-0.25, -0.2) is 0 Å². The van der Waals surface area contributed by atoms with Crippen LogP contribution in [0.25, 0.3) is 10.8 Å². The number of pyridine rings is 1. The normalized spacial score (nSPS) is 10.3. The van der Waals surface area contributed by atoms with Gasteiger partial charge in [-0.2, -0.15) is 0 Å². The van der Waals surface area contributed by atoms with E-state index in [0.29, 0.717) is 22.2 Å². The maximum absolute atomic E-state index is 12.5. The van der Waals surface area contributed by atoms with Gasteiger partial charge in [0, 0.05) is 19.0 Å². The van der Waals surface area contributed by atoms with Crippen LogP contribution in [0.5, 0.6) is 5.75 Å². The number of ether oxygens (including phenoxy) is 1. The van der Waals surface area contributed by atoms with E-state index < -0.39 is 0 Å². The van der Waals surface area contributed by atoms with E-state index in [0.717, 1.165) is 0 Å². The van der Waals surface area contributed by atoms with Gasteiger partial charge in [0.2, 0.25) is 0 Å². The molecule has 0 unspecified atom stereocenters. The molecule has 104 valence electrons. The van der Waals surface area contributed by atoms with Crippen molar-refractivity contribution in [3.05, 3.63) is 53.0 Å². The van der Waals surface area contributed by atoms with Gasteiger partial charge in [-0.05, 0) is 29.7 Å². The number of benzene rings is 1. The predicted octanol–water partition coefficient (Wildman–Crippen LogP) is 1.56. The second kappa shape index (κ2) is 5.61. The van der Waals surface area contributed by atoms with E-state index in [-0.39, 0.29) is 18.0 Å². The lowest BCUT2D eigenvalue weighted by molar-refractivity contribution is 0.0953.